The van der Waals surface area contributed by atoms with Crippen molar-refractivity contribution in [3.8, 4) is 0 Å². The van der Waals surface area contributed by atoms with Crippen LogP contribution in [0, 0.1) is 57.6 Å². The molecule has 0 unspecified atom stereocenters. The fourth-order valence-corrected chi connectivity index (χ4v) is 5.37. The molecule has 0 aliphatic heterocycles. The molecule has 0 aliphatic carbocycles. The third kappa shape index (κ3) is 27.5. The third-order valence-corrected chi connectivity index (χ3v) is 9.18. The summed E-state index contributed by atoms with van der Waals surface area (Å²) in [6, 6.07) is 8.77. The van der Waals surface area contributed by atoms with Gasteiger partial charge in [-0.15, -0.1) is 36.4 Å². The first-order chi connectivity index (χ1) is 25.7. The number of benzene rings is 2. The SMILES string of the molecule is C/C=C/C=[C-][Si](C)(C)C.C/C=C/C=[C-][Si](C)(C)C.CCCCN(C(=O)C(C)(C)C)c1ccc(F)[c-]c1F.CCCCN(C(=O)C(C)(C)C)c1ccc(F)[c-]c1F.[Ti+4]. The minimum absolute atomic E-state index is 0. The predicted octanol–water partition coefficient (Wildman–Crippen LogP) is 13.5. The van der Waals surface area contributed by atoms with E-state index in [9.17, 15) is 27.2 Å². The summed E-state index contributed by atoms with van der Waals surface area (Å²) in [5.41, 5.74) is 5.65. The number of hydrogen-bond acceptors (Lipinski definition) is 2. The Morgan fingerprint density at radius 1 is 0.632 bits per heavy atom. The predicted molar refractivity (Wildman–Crippen MR) is 236 cm³/mol. The first-order valence-electron chi connectivity index (χ1n) is 19.5. The van der Waals surface area contributed by atoms with E-state index in [0.29, 0.717) is 13.1 Å². The van der Waals surface area contributed by atoms with Gasteiger partial charge in [0.25, 0.3) is 0 Å². The summed E-state index contributed by atoms with van der Waals surface area (Å²) in [5, 5.41) is 0. The summed E-state index contributed by atoms with van der Waals surface area (Å²) < 4.78 is 53.4. The van der Waals surface area contributed by atoms with Crippen molar-refractivity contribution < 1.29 is 48.9 Å². The number of halogens is 4. The number of amides is 2. The molecule has 0 heterocycles. The summed E-state index contributed by atoms with van der Waals surface area (Å²) in [6.07, 6.45) is 15.4. The van der Waals surface area contributed by atoms with Gasteiger partial charge >= 0.3 is 21.7 Å². The van der Waals surface area contributed by atoms with Crippen LogP contribution >= 0.6 is 0 Å². The molecule has 0 radical (unpaired) electrons. The Balaban J connectivity index is -0.000000720. The first kappa shape index (κ1) is 58.5. The van der Waals surface area contributed by atoms with Gasteiger partial charge < -0.3 is 9.80 Å². The number of carbonyl (C=O) groups is 2. The van der Waals surface area contributed by atoms with Crippen molar-refractivity contribution in [3.05, 3.63) is 108 Å². The van der Waals surface area contributed by atoms with E-state index < -0.39 is 50.2 Å². The Bertz CT molecular complexity index is 1470. The maximum atomic E-state index is 13.8. The smallest absolute Gasteiger partial charge is 0.363 e. The molecule has 0 fully saturated rings. The second kappa shape index (κ2) is 28.6. The molecule has 4 nitrogen and oxygen atoms in total. The Morgan fingerprint density at radius 3 is 1.14 bits per heavy atom. The maximum absolute atomic E-state index is 13.8. The molecule has 316 valence electrons. The number of carbonyl (C=O) groups excluding carboxylic acids is 2. The number of hydrogen-bond donors (Lipinski definition) is 0. The number of nitrogens with zero attached hydrogens (tertiary/aromatic N) is 2. The maximum Gasteiger partial charge on any atom is 4.00 e. The second-order valence-corrected chi connectivity index (χ2v) is 26.9. The van der Waals surface area contributed by atoms with E-state index >= 15 is 0 Å². The summed E-state index contributed by atoms with van der Waals surface area (Å²) in [5.74, 6) is -3.54. The van der Waals surface area contributed by atoms with Gasteiger partial charge in [-0.1, -0.05) is 121 Å². The van der Waals surface area contributed by atoms with Crippen molar-refractivity contribution in [2.45, 2.75) is 134 Å². The molecule has 0 aromatic heterocycles. The van der Waals surface area contributed by atoms with Gasteiger partial charge in [0.15, 0.2) is 0 Å². The fraction of sp³-hybridized carbons (Fsp3) is 0.522. The van der Waals surface area contributed by atoms with E-state index in [1.54, 1.807) is 41.5 Å². The van der Waals surface area contributed by atoms with Gasteiger partial charge in [0, 0.05) is 47.2 Å². The minimum Gasteiger partial charge on any atom is -0.363 e. The zero-order valence-electron chi connectivity index (χ0n) is 37.7. The van der Waals surface area contributed by atoms with Crippen molar-refractivity contribution >= 4 is 39.3 Å². The molecule has 0 bridgehead atoms. The molecule has 2 aromatic carbocycles. The van der Waals surface area contributed by atoms with Crippen LogP contribution in [0.25, 0.3) is 0 Å². The molecule has 57 heavy (non-hydrogen) atoms. The summed E-state index contributed by atoms with van der Waals surface area (Å²) in [7, 11) is -2.10. The molecule has 2 rings (SSSR count). The van der Waals surface area contributed by atoms with E-state index in [-0.39, 0.29) is 44.9 Å². The van der Waals surface area contributed by atoms with Crippen LogP contribution in [-0.2, 0) is 31.3 Å². The van der Waals surface area contributed by atoms with Gasteiger partial charge in [-0.2, -0.15) is 12.2 Å². The van der Waals surface area contributed by atoms with Crippen molar-refractivity contribution in [2.75, 3.05) is 22.9 Å². The summed E-state index contributed by atoms with van der Waals surface area (Å²) >= 11 is 0. The zero-order valence-corrected chi connectivity index (χ0v) is 41.3. The Labute approximate surface area is 361 Å². The van der Waals surface area contributed by atoms with E-state index in [2.05, 4.69) is 50.7 Å². The van der Waals surface area contributed by atoms with E-state index in [1.807, 2.05) is 76.3 Å². The number of allylic oxidation sites excluding steroid dienone is 6. The number of anilines is 2. The fourth-order valence-electron chi connectivity index (χ4n) is 4.18. The van der Waals surface area contributed by atoms with E-state index in [0.717, 1.165) is 37.8 Å². The Kier molecular flexibility index (Phi) is 29.4. The first-order valence-corrected chi connectivity index (χ1v) is 26.5. The van der Waals surface area contributed by atoms with Crippen LogP contribution in [0.3, 0.4) is 0 Å². The molecule has 2 aromatic rings. The zero-order chi connectivity index (χ0) is 43.9. The molecule has 0 atom stereocenters. The van der Waals surface area contributed by atoms with Crippen LogP contribution in [0.5, 0.6) is 0 Å². The van der Waals surface area contributed by atoms with Gasteiger partial charge in [-0.25, -0.2) is 41.9 Å². The van der Waals surface area contributed by atoms with Crippen LogP contribution in [-0.4, -0.2) is 41.1 Å². The van der Waals surface area contributed by atoms with Crippen LogP contribution in [0.15, 0.2) is 60.7 Å². The number of rotatable bonds is 12. The Hall–Kier alpha value is -2.79. The van der Waals surface area contributed by atoms with Crippen molar-refractivity contribution in [1.82, 2.24) is 0 Å². The van der Waals surface area contributed by atoms with Crippen molar-refractivity contribution in [3.63, 3.8) is 0 Å². The van der Waals surface area contributed by atoms with Crippen LogP contribution in [0.4, 0.5) is 28.9 Å². The molecule has 0 saturated heterocycles. The molecule has 0 aliphatic rings. The average Bonchev–Trinajstić information content (AvgIpc) is 3.05. The molecule has 0 N–H and O–H groups in total. The minimum atomic E-state index is -1.05. The van der Waals surface area contributed by atoms with Gasteiger partial charge in [0.05, 0.1) is 0 Å². The average molecular weight is 863 g/mol. The summed E-state index contributed by atoms with van der Waals surface area (Å²) in [6.45, 7) is 33.1. The largest absolute Gasteiger partial charge is 4.00 e. The van der Waals surface area contributed by atoms with E-state index in [4.69, 9.17) is 0 Å². The quantitative estimate of drug-likeness (QED) is 0.0923. The topological polar surface area (TPSA) is 40.6 Å². The van der Waals surface area contributed by atoms with Gasteiger partial charge in [-0.05, 0) is 40.4 Å². The van der Waals surface area contributed by atoms with Crippen LogP contribution in [0.1, 0.15) is 94.9 Å². The van der Waals surface area contributed by atoms with Crippen molar-refractivity contribution in [2.24, 2.45) is 10.8 Å². The molecular weight excluding hydrogens is 793 g/mol. The normalized spacial score (nSPS) is 12.0. The molecule has 0 spiro atoms. The molecule has 11 heteroatoms. The standard InChI is InChI=1S/2C15H20F2NO.2C8H15Si.Ti/c2*1-5-6-9-18(14(19)15(2,3)4)13-8-7-11(16)10-12(13)17;2*1-5-6-7-8-9(2,3)4;/h2*7-8H,5-6,9H2,1-4H3;2*5-7H,1-4H3;/q4*-1;+4/b;;2*6-5+;. The monoisotopic (exact) mass is 862 g/mol. The molecular formula is C46H70F4N2O2Si2Ti. The molecule has 0 saturated carbocycles. The Morgan fingerprint density at radius 2 is 0.930 bits per heavy atom. The van der Waals surface area contributed by atoms with Crippen LogP contribution < -0.4 is 9.80 Å². The molecule has 2 amide bonds. The van der Waals surface area contributed by atoms with Gasteiger partial charge in [0.1, 0.15) is 0 Å². The number of unbranched alkanes of at least 4 members (excludes halogenated alkanes) is 2. The van der Waals surface area contributed by atoms with Gasteiger partial charge in [0.2, 0.25) is 11.8 Å². The second-order valence-electron chi connectivity index (χ2n) is 17.3. The third-order valence-electron chi connectivity index (χ3n) is 7.12. The van der Waals surface area contributed by atoms with Gasteiger partial charge in [-0.3, -0.25) is 21.0 Å². The summed E-state index contributed by atoms with van der Waals surface area (Å²) in [4.78, 5) is 27.5. The van der Waals surface area contributed by atoms with E-state index in [1.165, 1.54) is 21.9 Å². The van der Waals surface area contributed by atoms with Crippen molar-refractivity contribution in [1.29, 1.82) is 0 Å². The van der Waals surface area contributed by atoms with Crippen LogP contribution in [0.2, 0.25) is 39.3 Å².